The third kappa shape index (κ3) is 5.40. The van der Waals surface area contributed by atoms with Gasteiger partial charge < -0.3 is 10.1 Å². The van der Waals surface area contributed by atoms with Gasteiger partial charge in [0.1, 0.15) is 9.79 Å². The second kappa shape index (κ2) is 8.71. The number of ether oxygens (including phenoxy) is 1. The van der Waals surface area contributed by atoms with Gasteiger partial charge in [0.25, 0.3) is 10.0 Å². The lowest BCUT2D eigenvalue weighted by Gasteiger charge is -2.15. The van der Waals surface area contributed by atoms with Gasteiger partial charge in [-0.25, -0.2) is 35.6 Å². The van der Waals surface area contributed by atoms with Gasteiger partial charge >= 0.3 is 6.03 Å². The fraction of sp³-hybridized carbons (Fsp3) is 0.312. The van der Waals surface area contributed by atoms with Gasteiger partial charge in [-0.05, 0) is 19.1 Å². The SMILES string of the molecule is COc1cc(C)nc(CNC(=O)NS(=O)(=O)c2ccccc2S(=O)(=O)N(C)C)n1. The Bertz CT molecular complexity index is 1120. The summed E-state index contributed by atoms with van der Waals surface area (Å²) in [5, 5.41) is 2.31. The third-order valence-corrected chi connectivity index (χ3v) is 7.01. The van der Waals surface area contributed by atoms with E-state index in [0.29, 0.717) is 11.6 Å². The summed E-state index contributed by atoms with van der Waals surface area (Å²) in [4.78, 5) is 19.2. The highest BCUT2D eigenvalue weighted by Crippen LogP contribution is 2.22. The molecule has 1 aromatic heterocycles. The molecular formula is C16H21N5O6S2. The van der Waals surface area contributed by atoms with E-state index < -0.39 is 35.9 Å². The molecule has 0 aliphatic carbocycles. The molecule has 0 aliphatic heterocycles. The Hall–Kier alpha value is -2.77. The van der Waals surface area contributed by atoms with E-state index in [-0.39, 0.29) is 12.4 Å². The molecule has 13 heteroatoms. The van der Waals surface area contributed by atoms with Crippen molar-refractivity contribution in [3.05, 3.63) is 41.9 Å². The lowest BCUT2D eigenvalue weighted by atomic mass is 10.4. The van der Waals surface area contributed by atoms with E-state index >= 15 is 0 Å². The van der Waals surface area contributed by atoms with Crippen molar-refractivity contribution in [2.75, 3.05) is 21.2 Å². The lowest BCUT2D eigenvalue weighted by Crippen LogP contribution is -2.40. The molecule has 2 amide bonds. The number of aryl methyl sites for hydroxylation is 1. The molecule has 0 fully saturated rings. The predicted octanol–water partition coefficient (Wildman–Crippen LogP) is 0.232. The molecule has 1 aromatic carbocycles. The zero-order valence-electron chi connectivity index (χ0n) is 16.2. The zero-order chi connectivity index (χ0) is 21.8. The summed E-state index contributed by atoms with van der Waals surface area (Å²) in [5.41, 5.74) is 0.601. The van der Waals surface area contributed by atoms with Gasteiger partial charge in [-0.1, -0.05) is 12.1 Å². The molecule has 0 radical (unpaired) electrons. The van der Waals surface area contributed by atoms with Crippen LogP contribution in [-0.4, -0.2) is 58.3 Å². The van der Waals surface area contributed by atoms with Crippen LogP contribution in [0.25, 0.3) is 0 Å². The number of benzene rings is 1. The van der Waals surface area contributed by atoms with Crippen LogP contribution in [-0.2, 0) is 26.6 Å². The number of sulfonamides is 2. The fourth-order valence-corrected chi connectivity index (χ4v) is 4.87. The van der Waals surface area contributed by atoms with Crippen molar-refractivity contribution in [2.45, 2.75) is 23.3 Å². The van der Waals surface area contributed by atoms with Gasteiger partial charge in [0, 0.05) is 25.9 Å². The van der Waals surface area contributed by atoms with Crippen molar-refractivity contribution < 1.29 is 26.4 Å². The maximum Gasteiger partial charge on any atom is 0.329 e. The second-order valence-electron chi connectivity index (χ2n) is 5.99. The maximum absolute atomic E-state index is 12.6. The Kier molecular flexibility index (Phi) is 6.77. The lowest BCUT2D eigenvalue weighted by molar-refractivity contribution is 0.245. The molecule has 0 saturated carbocycles. The largest absolute Gasteiger partial charge is 0.481 e. The Labute approximate surface area is 169 Å². The number of carbonyl (C=O) groups is 1. The van der Waals surface area contributed by atoms with Crippen LogP contribution in [0, 0.1) is 6.92 Å². The molecule has 0 atom stereocenters. The number of amides is 2. The van der Waals surface area contributed by atoms with Crippen LogP contribution < -0.4 is 14.8 Å². The van der Waals surface area contributed by atoms with E-state index in [0.717, 1.165) is 16.4 Å². The first-order valence-electron chi connectivity index (χ1n) is 8.18. The topological polar surface area (TPSA) is 148 Å². The van der Waals surface area contributed by atoms with Crippen molar-refractivity contribution >= 4 is 26.1 Å². The van der Waals surface area contributed by atoms with Crippen molar-refractivity contribution in [2.24, 2.45) is 0 Å². The van der Waals surface area contributed by atoms with Gasteiger partial charge in [-0.15, -0.1) is 0 Å². The molecule has 2 rings (SSSR count). The summed E-state index contributed by atoms with van der Waals surface area (Å²) >= 11 is 0. The highest BCUT2D eigenvalue weighted by molar-refractivity contribution is 7.92. The molecule has 11 nitrogen and oxygen atoms in total. The number of rotatable bonds is 7. The maximum atomic E-state index is 12.6. The second-order valence-corrected chi connectivity index (χ2v) is 9.76. The first kappa shape index (κ1) is 22.5. The van der Waals surface area contributed by atoms with Crippen LogP contribution >= 0.6 is 0 Å². The van der Waals surface area contributed by atoms with Crippen molar-refractivity contribution in [1.29, 1.82) is 0 Å². The summed E-state index contributed by atoms with van der Waals surface area (Å²) in [6, 6.07) is 5.52. The molecule has 158 valence electrons. The van der Waals surface area contributed by atoms with E-state index in [9.17, 15) is 21.6 Å². The Morgan fingerprint density at radius 2 is 1.72 bits per heavy atom. The highest BCUT2D eigenvalue weighted by Gasteiger charge is 2.29. The van der Waals surface area contributed by atoms with Crippen LogP contribution in [0.1, 0.15) is 11.5 Å². The third-order valence-electron chi connectivity index (χ3n) is 3.62. The van der Waals surface area contributed by atoms with E-state index in [1.165, 1.54) is 33.3 Å². The Morgan fingerprint density at radius 3 is 2.31 bits per heavy atom. The highest BCUT2D eigenvalue weighted by atomic mass is 32.2. The molecule has 1 heterocycles. The summed E-state index contributed by atoms with van der Waals surface area (Å²) in [5.74, 6) is 0.509. The molecule has 29 heavy (non-hydrogen) atoms. The monoisotopic (exact) mass is 443 g/mol. The number of nitrogens with zero attached hydrogens (tertiary/aromatic N) is 3. The van der Waals surface area contributed by atoms with Gasteiger partial charge in [0.15, 0.2) is 5.82 Å². The van der Waals surface area contributed by atoms with Gasteiger partial charge in [-0.3, -0.25) is 0 Å². The fourth-order valence-electron chi connectivity index (χ4n) is 2.24. The molecule has 2 N–H and O–H groups in total. The number of nitrogens with one attached hydrogen (secondary N) is 2. The minimum Gasteiger partial charge on any atom is -0.481 e. The number of aromatic nitrogens is 2. The van der Waals surface area contributed by atoms with E-state index in [1.54, 1.807) is 17.7 Å². The summed E-state index contributed by atoms with van der Waals surface area (Å²) in [7, 11) is -4.54. The van der Waals surface area contributed by atoms with Crippen LogP contribution in [0.15, 0.2) is 40.1 Å². The van der Waals surface area contributed by atoms with E-state index in [2.05, 4.69) is 15.3 Å². The molecule has 0 saturated heterocycles. The number of hydrogen-bond donors (Lipinski definition) is 2. The zero-order valence-corrected chi connectivity index (χ0v) is 17.8. The quantitative estimate of drug-likeness (QED) is 0.618. The average Bonchev–Trinajstić information content (AvgIpc) is 2.65. The van der Waals surface area contributed by atoms with Crippen molar-refractivity contribution in [3.8, 4) is 5.88 Å². The van der Waals surface area contributed by atoms with E-state index in [1.807, 2.05) is 0 Å². The number of urea groups is 1. The first-order chi connectivity index (χ1) is 13.5. The minimum absolute atomic E-state index is 0.170. The molecular weight excluding hydrogens is 422 g/mol. The van der Waals surface area contributed by atoms with Gasteiger partial charge in [0.2, 0.25) is 15.9 Å². The van der Waals surface area contributed by atoms with Crippen LogP contribution in [0.4, 0.5) is 4.79 Å². The van der Waals surface area contributed by atoms with Gasteiger partial charge in [0.05, 0.1) is 13.7 Å². The molecule has 0 bridgehead atoms. The van der Waals surface area contributed by atoms with Crippen LogP contribution in [0.3, 0.4) is 0 Å². The normalized spacial score (nSPS) is 11.9. The predicted molar refractivity (Wildman–Crippen MR) is 103 cm³/mol. The first-order valence-corrected chi connectivity index (χ1v) is 11.1. The molecule has 2 aromatic rings. The molecule has 0 unspecified atom stereocenters. The minimum atomic E-state index is -4.47. The van der Waals surface area contributed by atoms with Crippen LogP contribution in [0.5, 0.6) is 5.88 Å². The summed E-state index contributed by atoms with van der Waals surface area (Å²) in [6.07, 6.45) is 0. The number of carbonyl (C=O) groups excluding carboxylic acids is 1. The summed E-state index contributed by atoms with van der Waals surface area (Å²) < 4.78 is 57.6. The standard InChI is InChI=1S/C16H21N5O6S2/c1-11-9-15(27-4)19-14(18-11)10-17-16(22)20-28(23,24)12-7-5-6-8-13(12)29(25,26)21(2)3/h5-9H,10H2,1-4H3,(H2,17,20,22). The smallest absolute Gasteiger partial charge is 0.329 e. The van der Waals surface area contributed by atoms with Crippen molar-refractivity contribution in [3.63, 3.8) is 0 Å². The molecule has 0 aliphatic rings. The van der Waals surface area contributed by atoms with Gasteiger partial charge in [-0.2, -0.15) is 4.98 Å². The van der Waals surface area contributed by atoms with Crippen molar-refractivity contribution in [1.82, 2.24) is 24.3 Å². The summed E-state index contributed by atoms with van der Waals surface area (Å²) in [6.45, 7) is 1.54. The Morgan fingerprint density at radius 1 is 1.10 bits per heavy atom. The Balaban J connectivity index is 2.20. The number of methoxy groups -OCH3 is 1. The van der Waals surface area contributed by atoms with Crippen LogP contribution in [0.2, 0.25) is 0 Å². The number of hydrogen-bond acceptors (Lipinski definition) is 8. The molecule has 0 spiro atoms. The van der Waals surface area contributed by atoms with E-state index in [4.69, 9.17) is 4.74 Å². The average molecular weight is 444 g/mol.